The van der Waals surface area contributed by atoms with Gasteiger partial charge in [0.15, 0.2) is 5.96 Å². The first-order chi connectivity index (χ1) is 7.55. The van der Waals surface area contributed by atoms with Gasteiger partial charge in [-0.25, -0.2) is 8.78 Å². The number of rotatable bonds is 3. The van der Waals surface area contributed by atoms with Crippen LogP contribution in [0.1, 0.15) is 38.5 Å². The second kappa shape index (κ2) is 4.55. The fraction of sp³-hybridized carbons (Fsp3) is 0.909. The standard InChI is InChI=1S/C11H19F2N3/c12-11(13)5-4-8(6-11)7-15-10(14)16-9-2-1-3-9/h8-9H,1-7H2,(H3,14,15,16). The van der Waals surface area contributed by atoms with Crippen molar-refractivity contribution in [2.75, 3.05) is 6.54 Å². The molecule has 0 aromatic rings. The molecule has 2 rings (SSSR count). The van der Waals surface area contributed by atoms with E-state index in [1.54, 1.807) is 0 Å². The molecule has 2 fully saturated rings. The zero-order valence-corrected chi connectivity index (χ0v) is 9.38. The van der Waals surface area contributed by atoms with Gasteiger partial charge in [-0.1, -0.05) is 0 Å². The Balaban J connectivity index is 1.71. The molecule has 0 saturated heterocycles. The number of hydrogen-bond acceptors (Lipinski definition) is 1. The Hall–Kier alpha value is -0.870. The van der Waals surface area contributed by atoms with Crippen LogP contribution in [0.2, 0.25) is 0 Å². The van der Waals surface area contributed by atoms with Gasteiger partial charge in [0.2, 0.25) is 5.92 Å². The number of halogens is 2. The maximum absolute atomic E-state index is 12.9. The highest BCUT2D eigenvalue weighted by Crippen LogP contribution is 2.38. The van der Waals surface area contributed by atoms with E-state index in [1.165, 1.54) is 6.42 Å². The minimum atomic E-state index is -2.48. The zero-order valence-electron chi connectivity index (χ0n) is 9.38. The Kier molecular flexibility index (Phi) is 3.30. The van der Waals surface area contributed by atoms with Crippen LogP contribution in [0.5, 0.6) is 0 Å². The molecule has 2 aliphatic carbocycles. The summed E-state index contributed by atoms with van der Waals surface area (Å²) in [5, 5.41) is 3.10. The van der Waals surface area contributed by atoms with Crippen molar-refractivity contribution in [3.05, 3.63) is 0 Å². The van der Waals surface area contributed by atoms with E-state index in [0.717, 1.165) is 12.8 Å². The number of nitrogens with zero attached hydrogens (tertiary/aromatic N) is 1. The first kappa shape index (κ1) is 11.6. The van der Waals surface area contributed by atoms with Crippen LogP contribution in [-0.4, -0.2) is 24.5 Å². The Morgan fingerprint density at radius 3 is 2.62 bits per heavy atom. The van der Waals surface area contributed by atoms with Gasteiger partial charge >= 0.3 is 0 Å². The second-order valence-electron chi connectivity index (χ2n) is 4.96. The smallest absolute Gasteiger partial charge is 0.248 e. The maximum atomic E-state index is 12.9. The molecule has 5 heteroatoms. The fourth-order valence-corrected chi connectivity index (χ4v) is 2.23. The Morgan fingerprint density at radius 2 is 2.12 bits per heavy atom. The molecule has 0 heterocycles. The van der Waals surface area contributed by atoms with Crippen LogP contribution in [0.25, 0.3) is 0 Å². The summed E-state index contributed by atoms with van der Waals surface area (Å²) < 4.78 is 25.8. The van der Waals surface area contributed by atoms with Crippen molar-refractivity contribution in [3.63, 3.8) is 0 Å². The third kappa shape index (κ3) is 3.06. The van der Waals surface area contributed by atoms with Crippen LogP contribution in [0.4, 0.5) is 8.78 Å². The number of nitrogens with two attached hydrogens (primary N) is 1. The molecule has 2 saturated carbocycles. The van der Waals surface area contributed by atoms with E-state index in [0.29, 0.717) is 25.0 Å². The summed E-state index contributed by atoms with van der Waals surface area (Å²) in [5.41, 5.74) is 5.68. The molecule has 92 valence electrons. The van der Waals surface area contributed by atoms with Crippen LogP contribution in [0, 0.1) is 5.92 Å². The summed E-state index contributed by atoms with van der Waals surface area (Å²) in [6.45, 7) is 0.432. The van der Waals surface area contributed by atoms with Gasteiger partial charge in [-0.2, -0.15) is 0 Å². The third-order valence-corrected chi connectivity index (χ3v) is 3.48. The normalized spacial score (nSPS) is 30.1. The van der Waals surface area contributed by atoms with Crippen LogP contribution in [-0.2, 0) is 0 Å². The van der Waals surface area contributed by atoms with Gasteiger partial charge in [0.05, 0.1) is 0 Å². The predicted molar refractivity (Wildman–Crippen MR) is 59.6 cm³/mol. The molecule has 3 N–H and O–H groups in total. The van der Waals surface area contributed by atoms with E-state index in [2.05, 4.69) is 10.3 Å². The van der Waals surface area contributed by atoms with Gasteiger partial charge in [0.25, 0.3) is 0 Å². The van der Waals surface area contributed by atoms with Crippen molar-refractivity contribution < 1.29 is 8.78 Å². The van der Waals surface area contributed by atoms with Gasteiger partial charge < -0.3 is 11.1 Å². The summed E-state index contributed by atoms with van der Waals surface area (Å²) in [6, 6.07) is 0.453. The molecular weight excluding hydrogens is 212 g/mol. The van der Waals surface area contributed by atoms with Crippen molar-refractivity contribution in [3.8, 4) is 0 Å². The largest absolute Gasteiger partial charge is 0.370 e. The Morgan fingerprint density at radius 1 is 1.38 bits per heavy atom. The highest BCUT2D eigenvalue weighted by molar-refractivity contribution is 5.78. The van der Waals surface area contributed by atoms with Crippen molar-refractivity contribution in [1.29, 1.82) is 0 Å². The van der Waals surface area contributed by atoms with Crippen molar-refractivity contribution >= 4 is 5.96 Å². The van der Waals surface area contributed by atoms with E-state index in [1.807, 2.05) is 0 Å². The third-order valence-electron chi connectivity index (χ3n) is 3.48. The van der Waals surface area contributed by atoms with Crippen molar-refractivity contribution in [2.24, 2.45) is 16.6 Å². The first-order valence-corrected chi connectivity index (χ1v) is 5.99. The average molecular weight is 231 g/mol. The molecule has 0 aromatic carbocycles. The van der Waals surface area contributed by atoms with Gasteiger partial charge in [0.1, 0.15) is 0 Å². The van der Waals surface area contributed by atoms with Gasteiger partial charge in [0, 0.05) is 25.4 Å². The van der Waals surface area contributed by atoms with E-state index < -0.39 is 5.92 Å². The number of alkyl halides is 2. The highest BCUT2D eigenvalue weighted by atomic mass is 19.3. The van der Waals surface area contributed by atoms with Crippen molar-refractivity contribution in [2.45, 2.75) is 50.5 Å². The monoisotopic (exact) mass is 231 g/mol. The van der Waals surface area contributed by atoms with Gasteiger partial charge in [-0.3, -0.25) is 4.99 Å². The summed E-state index contributed by atoms with van der Waals surface area (Å²) in [5.74, 6) is -2.06. The molecule has 0 radical (unpaired) electrons. The summed E-state index contributed by atoms with van der Waals surface area (Å²) >= 11 is 0. The summed E-state index contributed by atoms with van der Waals surface area (Å²) in [6.07, 6.45) is 4.04. The highest BCUT2D eigenvalue weighted by Gasteiger charge is 2.39. The van der Waals surface area contributed by atoms with Gasteiger partial charge in [-0.15, -0.1) is 0 Å². The number of guanidine groups is 1. The lowest BCUT2D eigenvalue weighted by molar-refractivity contribution is 0.00542. The molecule has 2 aliphatic rings. The molecule has 1 atom stereocenters. The molecule has 0 aromatic heterocycles. The quantitative estimate of drug-likeness (QED) is 0.575. The first-order valence-electron chi connectivity index (χ1n) is 5.99. The zero-order chi connectivity index (χ0) is 11.6. The Bertz CT molecular complexity index is 274. The lowest BCUT2D eigenvalue weighted by Crippen LogP contribution is -2.43. The summed E-state index contributed by atoms with van der Waals surface area (Å²) in [4.78, 5) is 4.14. The summed E-state index contributed by atoms with van der Waals surface area (Å²) in [7, 11) is 0. The average Bonchev–Trinajstić information content (AvgIpc) is 2.49. The lowest BCUT2D eigenvalue weighted by Gasteiger charge is -2.26. The van der Waals surface area contributed by atoms with Crippen LogP contribution >= 0.6 is 0 Å². The second-order valence-corrected chi connectivity index (χ2v) is 4.96. The molecule has 0 aliphatic heterocycles. The molecule has 0 bridgehead atoms. The predicted octanol–water partition coefficient (Wildman–Crippen LogP) is 1.88. The van der Waals surface area contributed by atoms with Crippen LogP contribution in [0.3, 0.4) is 0 Å². The van der Waals surface area contributed by atoms with Crippen LogP contribution < -0.4 is 11.1 Å². The minimum Gasteiger partial charge on any atom is -0.370 e. The van der Waals surface area contributed by atoms with Gasteiger partial charge in [-0.05, 0) is 31.6 Å². The van der Waals surface area contributed by atoms with E-state index in [-0.39, 0.29) is 18.8 Å². The molecule has 16 heavy (non-hydrogen) atoms. The van der Waals surface area contributed by atoms with E-state index >= 15 is 0 Å². The molecule has 1 unspecified atom stereocenters. The SMILES string of the molecule is NC(=NCC1CCC(F)(F)C1)NC1CCC1. The molecule has 3 nitrogen and oxygen atoms in total. The molecule has 0 spiro atoms. The Labute approximate surface area is 94.5 Å². The minimum absolute atomic E-state index is 0.00302. The molecule has 0 amide bonds. The number of aliphatic imine (C=N–C) groups is 1. The van der Waals surface area contributed by atoms with Crippen molar-refractivity contribution in [1.82, 2.24) is 5.32 Å². The number of nitrogens with one attached hydrogen (secondary N) is 1. The van der Waals surface area contributed by atoms with Crippen LogP contribution in [0.15, 0.2) is 4.99 Å². The van der Waals surface area contributed by atoms with E-state index in [4.69, 9.17) is 5.73 Å². The lowest BCUT2D eigenvalue weighted by atomic mass is 9.93. The molecular formula is C11H19F2N3. The topological polar surface area (TPSA) is 50.4 Å². The maximum Gasteiger partial charge on any atom is 0.248 e. The van der Waals surface area contributed by atoms with E-state index in [9.17, 15) is 8.78 Å². The number of hydrogen-bond donors (Lipinski definition) is 2. The fourth-order valence-electron chi connectivity index (χ4n) is 2.23.